The Hall–Kier alpha value is -3.95. The van der Waals surface area contributed by atoms with Gasteiger partial charge in [-0.3, -0.25) is 9.59 Å². The van der Waals surface area contributed by atoms with Crippen molar-refractivity contribution < 1.29 is 23.5 Å². The van der Waals surface area contributed by atoms with Gasteiger partial charge in [-0.1, -0.05) is 24.3 Å². The number of hydrogen-bond acceptors (Lipinski definition) is 7. The number of likely N-dealkylation sites (tertiary alicyclic amines) is 2. The third-order valence-electron chi connectivity index (χ3n) is 6.97. The molecule has 2 aliphatic rings. The molecule has 1 N–H and O–H groups in total. The van der Waals surface area contributed by atoms with Crippen LogP contribution in [-0.2, 0) is 12.5 Å². The van der Waals surface area contributed by atoms with Crippen LogP contribution < -0.4 is 0 Å². The summed E-state index contributed by atoms with van der Waals surface area (Å²) in [5, 5.41) is 9.01. The number of nitrogens with zero attached hydrogens (tertiary/aromatic N) is 4. The summed E-state index contributed by atoms with van der Waals surface area (Å²) in [5.74, 6) is 1.26. The first-order chi connectivity index (χ1) is 19.6. The molecule has 6 rings (SSSR count). The van der Waals surface area contributed by atoms with Gasteiger partial charge in [0.25, 0.3) is 11.8 Å². The molecule has 0 radical (unpaired) electrons. The molecule has 2 aliphatic heterocycles. The number of carbonyl (C=O) groups excluding carboxylic acids is 2. The van der Waals surface area contributed by atoms with E-state index in [1.54, 1.807) is 4.90 Å². The summed E-state index contributed by atoms with van der Waals surface area (Å²) in [4.78, 5) is 36.5. The summed E-state index contributed by atoms with van der Waals surface area (Å²) in [5.41, 5.74) is 4.24. The molecule has 2 aromatic heterocycles. The minimum absolute atomic E-state index is 0.00452. The van der Waals surface area contributed by atoms with Gasteiger partial charge >= 0.3 is 0 Å². The van der Waals surface area contributed by atoms with Crippen LogP contribution in [0.4, 0.5) is 0 Å². The van der Waals surface area contributed by atoms with E-state index < -0.39 is 0 Å². The highest BCUT2D eigenvalue weighted by Crippen LogP contribution is 2.22. The van der Waals surface area contributed by atoms with Crippen LogP contribution in [-0.4, -0.2) is 62.9 Å². The Morgan fingerprint density at radius 1 is 0.700 bits per heavy atom. The van der Waals surface area contributed by atoms with Gasteiger partial charge in [-0.05, 0) is 61.1 Å². The lowest BCUT2D eigenvalue weighted by molar-refractivity contribution is 0.0779. The first-order valence-corrected chi connectivity index (χ1v) is 13.9. The highest BCUT2D eigenvalue weighted by molar-refractivity contribution is 6.17. The van der Waals surface area contributed by atoms with Crippen molar-refractivity contribution in [2.45, 2.75) is 38.2 Å². The Morgan fingerprint density at radius 2 is 1.10 bits per heavy atom. The Bertz CT molecular complexity index is 1310. The molecule has 4 aromatic rings. The molecule has 0 saturated carbocycles. The molecule has 0 unspecified atom stereocenters. The van der Waals surface area contributed by atoms with Crippen LogP contribution in [0.2, 0.25) is 0 Å². The molecule has 2 fully saturated rings. The number of carbonyl (C=O) groups is 2. The maximum atomic E-state index is 12.2. The monoisotopic (exact) mass is 562 g/mol. The fourth-order valence-electron chi connectivity index (χ4n) is 4.66. The topological polar surface area (TPSA) is 113 Å². The van der Waals surface area contributed by atoms with Crippen LogP contribution >= 0.6 is 11.6 Å². The Balaban J connectivity index is 0.000000161. The largest absolute Gasteiger partial charge is 0.444 e. The third kappa shape index (κ3) is 6.43. The summed E-state index contributed by atoms with van der Waals surface area (Å²) in [7, 11) is 0. The average molecular weight is 563 g/mol. The Morgan fingerprint density at radius 3 is 1.48 bits per heavy atom. The van der Waals surface area contributed by atoms with Crippen LogP contribution in [0, 0.1) is 0 Å². The minimum atomic E-state index is -0.0653. The number of benzene rings is 2. The number of amides is 2. The quantitative estimate of drug-likeness (QED) is 0.314. The number of oxazole rings is 2. The SMILES string of the molecule is O=C(c1coc(-c2ccc(CCl)cc2)n1)N1CCCC1.O=C(c1coc(-c2ccc(CO)cc2)n1)N1CCCC1. The molecule has 40 heavy (non-hydrogen) atoms. The molecule has 10 heteroatoms. The van der Waals surface area contributed by atoms with Gasteiger partial charge in [-0.15, -0.1) is 11.6 Å². The second-order valence-electron chi connectivity index (χ2n) is 9.76. The second kappa shape index (κ2) is 12.9. The van der Waals surface area contributed by atoms with Gasteiger partial charge in [0.1, 0.15) is 12.5 Å². The van der Waals surface area contributed by atoms with Crippen molar-refractivity contribution in [2.24, 2.45) is 0 Å². The zero-order valence-corrected chi connectivity index (χ0v) is 22.8. The molecule has 2 aromatic carbocycles. The number of halogens is 1. The van der Waals surface area contributed by atoms with Gasteiger partial charge in [0.2, 0.25) is 11.8 Å². The first-order valence-electron chi connectivity index (χ1n) is 13.4. The van der Waals surface area contributed by atoms with Crippen molar-refractivity contribution in [3.63, 3.8) is 0 Å². The van der Waals surface area contributed by atoms with Gasteiger partial charge in [0, 0.05) is 43.2 Å². The molecular weight excluding hydrogens is 532 g/mol. The van der Waals surface area contributed by atoms with E-state index in [1.807, 2.05) is 53.4 Å². The predicted molar refractivity (Wildman–Crippen MR) is 150 cm³/mol. The lowest BCUT2D eigenvalue weighted by Gasteiger charge is -2.12. The van der Waals surface area contributed by atoms with Crippen LogP contribution in [0.25, 0.3) is 22.9 Å². The molecule has 0 atom stereocenters. The Kier molecular flexibility index (Phi) is 8.93. The lowest BCUT2D eigenvalue weighted by atomic mass is 10.1. The van der Waals surface area contributed by atoms with Gasteiger partial charge in [0.15, 0.2) is 11.4 Å². The number of rotatable bonds is 6. The highest BCUT2D eigenvalue weighted by atomic mass is 35.5. The number of aliphatic hydroxyl groups is 1. The van der Waals surface area contributed by atoms with E-state index in [0.29, 0.717) is 29.0 Å². The number of hydrogen-bond donors (Lipinski definition) is 1. The molecule has 0 aliphatic carbocycles. The highest BCUT2D eigenvalue weighted by Gasteiger charge is 2.24. The van der Waals surface area contributed by atoms with Crippen LogP contribution in [0.3, 0.4) is 0 Å². The van der Waals surface area contributed by atoms with E-state index in [2.05, 4.69) is 9.97 Å². The lowest BCUT2D eigenvalue weighted by Crippen LogP contribution is -2.27. The molecule has 208 valence electrons. The van der Waals surface area contributed by atoms with Crippen molar-refractivity contribution in [1.82, 2.24) is 19.8 Å². The van der Waals surface area contributed by atoms with Gasteiger partial charge < -0.3 is 23.7 Å². The van der Waals surface area contributed by atoms with Crippen LogP contribution in [0.5, 0.6) is 0 Å². The smallest absolute Gasteiger partial charge is 0.275 e. The summed E-state index contributed by atoms with van der Waals surface area (Å²) in [6, 6.07) is 14.9. The average Bonchev–Trinajstić information content (AvgIpc) is 3.84. The van der Waals surface area contributed by atoms with E-state index in [4.69, 9.17) is 25.5 Å². The van der Waals surface area contributed by atoms with Crippen molar-refractivity contribution in [2.75, 3.05) is 26.2 Å². The predicted octanol–water partition coefficient (Wildman–Crippen LogP) is 5.39. The van der Waals surface area contributed by atoms with Gasteiger partial charge in [-0.25, -0.2) is 9.97 Å². The maximum Gasteiger partial charge on any atom is 0.275 e. The number of alkyl halides is 1. The summed E-state index contributed by atoms with van der Waals surface area (Å²) in [6.45, 7) is 3.22. The van der Waals surface area contributed by atoms with E-state index in [-0.39, 0.29) is 18.4 Å². The van der Waals surface area contributed by atoms with Gasteiger partial charge in [-0.2, -0.15) is 0 Å². The molecule has 0 spiro atoms. The fourth-order valence-corrected chi connectivity index (χ4v) is 4.84. The van der Waals surface area contributed by atoms with Crippen molar-refractivity contribution in [1.29, 1.82) is 0 Å². The molecule has 9 nitrogen and oxygen atoms in total. The van der Waals surface area contributed by atoms with Crippen molar-refractivity contribution in [3.8, 4) is 22.9 Å². The van der Waals surface area contributed by atoms with E-state index >= 15 is 0 Å². The molecule has 2 saturated heterocycles. The minimum Gasteiger partial charge on any atom is -0.444 e. The molecule has 0 bridgehead atoms. The second-order valence-corrected chi connectivity index (χ2v) is 10.0. The molecule has 4 heterocycles. The summed E-state index contributed by atoms with van der Waals surface area (Å²) in [6.07, 6.45) is 7.09. The zero-order valence-electron chi connectivity index (χ0n) is 22.1. The van der Waals surface area contributed by atoms with Crippen LogP contribution in [0.15, 0.2) is 69.9 Å². The zero-order chi connectivity index (χ0) is 27.9. The fraction of sp³-hybridized carbons (Fsp3) is 0.333. The standard InChI is InChI=1S/C15H15ClN2O2.C15H16N2O3/c16-9-11-3-5-12(6-4-11)14-17-13(10-20-14)15(19)18-7-1-2-8-18;18-9-11-3-5-12(6-4-11)14-16-13(10-20-14)15(19)17-7-1-2-8-17/h3-6,10H,1-2,7-9H2;3-6,10,18H,1-2,7-9H2. The van der Waals surface area contributed by atoms with E-state index in [1.165, 1.54) is 12.5 Å². The normalized spacial score (nSPS) is 14.8. The number of aliphatic hydroxyl groups excluding tert-OH is 1. The Labute approximate surface area is 237 Å². The summed E-state index contributed by atoms with van der Waals surface area (Å²) >= 11 is 5.75. The summed E-state index contributed by atoms with van der Waals surface area (Å²) < 4.78 is 10.8. The maximum absolute atomic E-state index is 12.2. The molecular formula is C30H31ClN4O5. The van der Waals surface area contributed by atoms with Gasteiger partial charge in [0.05, 0.1) is 6.61 Å². The van der Waals surface area contributed by atoms with Crippen LogP contribution in [0.1, 0.15) is 57.8 Å². The van der Waals surface area contributed by atoms with E-state index in [9.17, 15) is 9.59 Å². The first kappa shape index (κ1) is 27.6. The van der Waals surface area contributed by atoms with Crippen molar-refractivity contribution in [3.05, 3.63) is 83.6 Å². The van der Waals surface area contributed by atoms with Crippen molar-refractivity contribution >= 4 is 23.4 Å². The third-order valence-corrected chi connectivity index (χ3v) is 7.28. The van der Waals surface area contributed by atoms with E-state index in [0.717, 1.165) is 74.1 Å². The number of aromatic nitrogens is 2. The molecule has 2 amide bonds.